The van der Waals surface area contributed by atoms with E-state index < -0.39 is 11.9 Å². The molecule has 1 aromatic carbocycles. The first-order chi connectivity index (χ1) is 16.1. The lowest BCUT2D eigenvalue weighted by Crippen LogP contribution is -2.45. The number of nitrogens with zero attached hydrogens (tertiary/aromatic N) is 1. The van der Waals surface area contributed by atoms with Crippen LogP contribution in [0.3, 0.4) is 0 Å². The van der Waals surface area contributed by atoms with Gasteiger partial charge in [-0.25, -0.2) is 0 Å². The van der Waals surface area contributed by atoms with Crippen LogP contribution in [-0.2, 0) is 29.7 Å². The van der Waals surface area contributed by atoms with Crippen LogP contribution in [0.25, 0.3) is 0 Å². The largest absolute Gasteiger partial charge is 0.347 e. The molecule has 1 aliphatic rings. The topological polar surface area (TPSA) is 125 Å². The molecule has 5 amide bonds. The fourth-order valence-electron chi connectivity index (χ4n) is 3.43. The Balaban J connectivity index is 1.64. The molecular weight excluding hydrogens is 456 g/mol. The monoisotopic (exact) mass is 488 g/mol. The Hall–Kier alpha value is -3.14. The summed E-state index contributed by atoms with van der Waals surface area (Å²) in [5.41, 5.74) is 3.69. The predicted octanol–water partition coefficient (Wildman–Crippen LogP) is 1.78. The van der Waals surface area contributed by atoms with Gasteiger partial charge in [0.05, 0.1) is 6.54 Å². The summed E-state index contributed by atoms with van der Waals surface area (Å²) in [6, 6.07) is 3.07. The molecule has 9 nitrogen and oxygen atoms in total. The number of amides is 5. The van der Waals surface area contributed by atoms with Gasteiger partial charge in [-0.1, -0.05) is 12.5 Å². The zero-order valence-electron chi connectivity index (χ0n) is 19.8. The maximum absolute atomic E-state index is 12.5. The van der Waals surface area contributed by atoms with Gasteiger partial charge in [0.15, 0.2) is 0 Å². The summed E-state index contributed by atoms with van der Waals surface area (Å²) < 4.78 is 0. The molecule has 0 bridgehead atoms. The number of imide groups is 1. The molecule has 0 fully saturated rings. The second kappa shape index (κ2) is 12.9. The molecule has 184 valence electrons. The van der Waals surface area contributed by atoms with E-state index in [0.29, 0.717) is 37.2 Å². The molecule has 0 radical (unpaired) electrons. The summed E-state index contributed by atoms with van der Waals surface area (Å²) in [5, 5.41) is 7.93. The van der Waals surface area contributed by atoms with Crippen LogP contribution in [0, 0.1) is 13.8 Å². The number of carbonyl (C=O) groups is 5. The second-order valence-corrected chi connectivity index (χ2v) is 8.60. The lowest BCUT2D eigenvalue weighted by Gasteiger charge is -2.17. The number of aryl methyl sites for hydroxylation is 2. The molecule has 1 atom stereocenters. The minimum absolute atomic E-state index is 0.227. The quantitative estimate of drug-likeness (QED) is 0.203. The van der Waals surface area contributed by atoms with Gasteiger partial charge < -0.3 is 16.0 Å². The average molecular weight is 489 g/mol. The Bertz CT molecular complexity index is 974. The molecule has 2 rings (SSSR count). The van der Waals surface area contributed by atoms with Gasteiger partial charge in [-0.3, -0.25) is 28.9 Å². The van der Waals surface area contributed by atoms with Gasteiger partial charge >= 0.3 is 0 Å². The number of thiol groups is 1. The van der Waals surface area contributed by atoms with E-state index in [1.165, 1.54) is 17.1 Å². The third-order valence-corrected chi connectivity index (χ3v) is 5.85. The number of hydrogen-bond donors (Lipinski definition) is 4. The van der Waals surface area contributed by atoms with Crippen LogP contribution in [-0.4, -0.2) is 53.6 Å². The summed E-state index contributed by atoms with van der Waals surface area (Å²) in [6.07, 6.45) is 4.56. The fourth-order valence-corrected chi connectivity index (χ4v) is 3.77. The van der Waals surface area contributed by atoms with Crippen LogP contribution >= 0.6 is 12.6 Å². The van der Waals surface area contributed by atoms with Crippen molar-refractivity contribution in [3.05, 3.63) is 41.0 Å². The zero-order valence-corrected chi connectivity index (χ0v) is 20.7. The minimum Gasteiger partial charge on any atom is -0.347 e. The molecule has 1 heterocycles. The van der Waals surface area contributed by atoms with Gasteiger partial charge in [-0.15, -0.1) is 0 Å². The Morgan fingerprint density at radius 1 is 0.971 bits per heavy atom. The molecule has 10 heteroatoms. The smallest absolute Gasteiger partial charge is 0.253 e. The Labute approximate surface area is 205 Å². The molecule has 0 aromatic heterocycles. The Kier molecular flexibility index (Phi) is 10.3. The van der Waals surface area contributed by atoms with E-state index in [1.54, 1.807) is 6.92 Å². The maximum atomic E-state index is 12.5. The highest BCUT2D eigenvalue weighted by Crippen LogP contribution is 2.22. The first-order valence-electron chi connectivity index (χ1n) is 11.2. The van der Waals surface area contributed by atoms with E-state index in [2.05, 4.69) is 28.6 Å². The number of unbranched alkanes of at least 4 members (excludes halogenated alkanes) is 2. The van der Waals surface area contributed by atoms with Crippen LogP contribution in [0.1, 0.15) is 49.3 Å². The molecular formula is C24H32N4O5S. The molecule has 0 saturated heterocycles. The second-order valence-electron chi connectivity index (χ2n) is 8.28. The summed E-state index contributed by atoms with van der Waals surface area (Å²) in [5.74, 6) is -1.12. The van der Waals surface area contributed by atoms with E-state index in [9.17, 15) is 24.0 Å². The number of benzene rings is 1. The summed E-state index contributed by atoms with van der Waals surface area (Å²) >= 11 is 4.30. The molecule has 3 N–H and O–H groups in total. The molecule has 0 spiro atoms. The fraction of sp³-hybridized carbons (Fsp3) is 0.458. The number of anilines is 1. The van der Waals surface area contributed by atoms with Gasteiger partial charge in [0, 0.05) is 36.6 Å². The van der Waals surface area contributed by atoms with Crippen molar-refractivity contribution in [3.63, 3.8) is 0 Å². The van der Waals surface area contributed by atoms with Gasteiger partial charge in [0.2, 0.25) is 17.7 Å². The lowest BCUT2D eigenvalue weighted by molar-refractivity contribution is -0.137. The van der Waals surface area contributed by atoms with Crippen LogP contribution in [0.4, 0.5) is 5.69 Å². The first kappa shape index (κ1) is 27.1. The van der Waals surface area contributed by atoms with Crippen molar-refractivity contribution in [2.45, 2.75) is 58.2 Å². The van der Waals surface area contributed by atoms with Crippen molar-refractivity contribution in [3.8, 4) is 0 Å². The molecule has 0 aliphatic carbocycles. The maximum Gasteiger partial charge on any atom is 0.253 e. The van der Waals surface area contributed by atoms with Crippen molar-refractivity contribution < 1.29 is 24.0 Å². The number of hydrogen-bond acceptors (Lipinski definition) is 6. The van der Waals surface area contributed by atoms with Gasteiger partial charge in [0.25, 0.3) is 11.8 Å². The highest BCUT2D eigenvalue weighted by Gasteiger charge is 2.22. The minimum atomic E-state index is -0.779. The van der Waals surface area contributed by atoms with E-state index >= 15 is 0 Å². The van der Waals surface area contributed by atoms with Crippen LogP contribution in [0.2, 0.25) is 0 Å². The number of rotatable bonds is 12. The molecule has 34 heavy (non-hydrogen) atoms. The normalized spacial score (nSPS) is 13.7. The third-order valence-electron chi connectivity index (χ3n) is 5.51. The third kappa shape index (κ3) is 8.02. The highest BCUT2D eigenvalue weighted by atomic mass is 32.1. The highest BCUT2D eigenvalue weighted by molar-refractivity contribution is 7.79. The molecule has 1 aliphatic heterocycles. The van der Waals surface area contributed by atoms with Gasteiger partial charge in [-0.2, -0.15) is 12.6 Å². The van der Waals surface area contributed by atoms with E-state index in [-0.39, 0.29) is 36.6 Å². The van der Waals surface area contributed by atoms with E-state index in [4.69, 9.17) is 0 Å². The number of carbonyl (C=O) groups excluding carboxylic acids is 5. The SMILES string of the molecule is Cc1cc(NC(=O)C(C)NC(=O)CNC(=O)CCCCCN2C(=O)C=CC2=O)c(C)cc1CS. The van der Waals surface area contributed by atoms with Crippen molar-refractivity contribution in [1.82, 2.24) is 15.5 Å². The van der Waals surface area contributed by atoms with Crippen molar-refractivity contribution >= 4 is 47.9 Å². The standard InChI is InChI=1S/C24H32N4O5S/c1-15-12-19(16(2)11-18(15)14-34)27-24(33)17(3)26-21(30)13-25-20(29)7-5-4-6-10-28-22(31)8-9-23(28)32/h8-9,11-12,17,34H,4-7,10,13-14H2,1-3H3,(H,25,29)(H,26,30)(H,27,33). The van der Waals surface area contributed by atoms with Crippen LogP contribution in [0.5, 0.6) is 0 Å². The summed E-state index contributed by atoms with van der Waals surface area (Å²) in [7, 11) is 0. The molecule has 1 aromatic rings. The summed E-state index contributed by atoms with van der Waals surface area (Å²) in [6.45, 7) is 5.51. The average Bonchev–Trinajstić information content (AvgIpc) is 3.11. The summed E-state index contributed by atoms with van der Waals surface area (Å²) in [4.78, 5) is 60.6. The van der Waals surface area contributed by atoms with Gasteiger partial charge in [-0.05, 0) is 56.4 Å². The zero-order chi connectivity index (χ0) is 25.3. The lowest BCUT2D eigenvalue weighted by atomic mass is 10.0. The van der Waals surface area contributed by atoms with E-state index in [1.807, 2.05) is 26.0 Å². The Morgan fingerprint density at radius 2 is 1.65 bits per heavy atom. The van der Waals surface area contributed by atoms with Crippen LogP contribution < -0.4 is 16.0 Å². The van der Waals surface area contributed by atoms with Gasteiger partial charge in [0.1, 0.15) is 6.04 Å². The van der Waals surface area contributed by atoms with Crippen molar-refractivity contribution in [2.24, 2.45) is 0 Å². The first-order valence-corrected chi connectivity index (χ1v) is 11.9. The Morgan fingerprint density at radius 3 is 2.29 bits per heavy atom. The number of nitrogens with one attached hydrogen (secondary N) is 3. The molecule has 0 saturated carbocycles. The molecule has 1 unspecified atom stereocenters. The van der Waals surface area contributed by atoms with Crippen molar-refractivity contribution in [2.75, 3.05) is 18.4 Å². The van der Waals surface area contributed by atoms with Crippen LogP contribution in [0.15, 0.2) is 24.3 Å². The van der Waals surface area contributed by atoms with E-state index in [0.717, 1.165) is 16.7 Å². The predicted molar refractivity (Wildman–Crippen MR) is 132 cm³/mol. The van der Waals surface area contributed by atoms with Crippen molar-refractivity contribution in [1.29, 1.82) is 0 Å².